The minimum atomic E-state index is 0.590. The van der Waals surface area contributed by atoms with E-state index in [0.29, 0.717) is 5.92 Å². The highest BCUT2D eigenvalue weighted by Gasteiger charge is 2.02. The summed E-state index contributed by atoms with van der Waals surface area (Å²) in [6.07, 6.45) is 4.59. The molecule has 0 saturated heterocycles. The highest BCUT2D eigenvalue weighted by atomic mass is 16.3. The van der Waals surface area contributed by atoms with Gasteiger partial charge in [0, 0.05) is 12.1 Å². The highest BCUT2D eigenvalue weighted by Crippen LogP contribution is 2.01. The van der Waals surface area contributed by atoms with E-state index in [4.69, 9.17) is 10.2 Å². The maximum atomic E-state index is 5.58. The zero-order valence-corrected chi connectivity index (χ0v) is 8.12. The summed E-state index contributed by atoms with van der Waals surface area (Å²) in [4.78, 5) is 0. The Morgan fingerprint density at radius 2 is 2.46 bits per heavy atom. The number of hydrogen-bond donors (Lipinski definition) is 2. The molecule has 1 aromatic rings. The molecular formula is C10H18N2O. The molecule has 0 saturated carbocycles. The summed E-state index contributed by atoms with van der Waals surface area (Å²) in [5.74, 6) is 0.590. The van der Waals surface area contributed by atoms with Crippen molar-refractivity contribution >= 4 is 0 Å². The van der Waals surface area contributed by atoms with Crippen LogP contribution in [0.3, 0.4) is 0 Å². The van der Waals surface area contributed by atoms with Crippen LogP contribution < -0.4 is 11.1 Å². The van der Waals surface area contributed by atoms with Crippen molar-refractivity contribution in [2.24, 2.45) is 11.7 Å². The fraction of sp³-hybridized carbons (Fsp3) is 0.600. The van der Waals surface area contributed by atoms with E-state index in [9.17, 15) is 0 Å². The molecule has 1 heterocycles. The lowest BCUT2D eigenvalue weighted by atomic mass is 10.1. The van der Waals surface area contributed by atoms with Crippen LogP contribution in [-0.2, 0) is 6.54 Å². The Bertz CT molecular complexity index is 205. The standard InChI is InChI=1S/C10H18N2O/c1-2-9(5-11)6-12-7-10-3-4-13-8-10/h3-4,8-9,12H,2,5-7,11H2,1H3. The summed E-state index contributed by atoms with van der Waals surface area (Å²) in [5, 5.41) is 3.35. The third-order valence-corrected chi connectivity index (χ3v) is 2.25. The van der Waals surface area contributed by atoms with Gasteiger partial charge in [0.15, 0.2) is 0 Å². The molecular weight excluding hydrogens is 164 g/mol. The molecule has 0 aliphatic heterocycles. The molecule has 1 atom stereocenters. The van der Waals surface area contributed by atoms with Crippen molar-refractivity contribution in [3.05, 3.63) is 24.2 Å². The molecule has 1 aromatic heterocycles. The Balaban J connectivity index is 2.13. The molecule has 0 radical (unpaired) electrons. The van der Waals surface area contributed by atoms with E-state index < -0.39 is 0 Å². The van der Waals surface area contributed by atoms with Gasteiger partial charge in [-0.05, 0) is 25.1 Å². The second kappa shape index (κ2) is 5.78. The van der Waals surface area contributed by atoms with Crippen molar-refractivity contribution in [2.45, 2.75) is 19.9 Å². The van der Waals surface area contributed by atoms with Crippen molar-refractivity contribution in [2.75, 3.05) is 13.1 Å². The average molecular weight is 182 g/mol. The van der Waals surface area contributed by atoms with Gasteiger partial charge in [0.1, 0.15) is 0 Å². The van der Waals surface area contributed by atoms with E-state index in [1.807, 2.05) is 6.07 Å². The normalized spacial score (nSPS) is 13.1. The van der Waals surface area contributed by atoms with Gasteiger partial charge < -0.3 is 15.5 Å². The van der Waals surface area contributed by atoms with Crippen molar-refractivity contribution in [3.63, 3.8) is 0 Å². The first kappa shape index (κ1) is 10.3. The molecule has 0 amide bonds. The summed E-state index contributed by atoms with van der Waals surface area (Å²) in [6, 6.07) is 1.97. The lowest BCUT2D eigenvalue weighted by molar-refractivity contribution is 0.470. The smallest absolute Gasteiger partial charge is 0.0947 e. The first-order valence-electron chi connectivity index (χ1n) is 4.78. The van der Waals surface area contributed by atoms with E-state index in [1.165, 1.54) is 5.56 Å². The first-order chi connectivity index (χ1) is 6.36. The van der Waals surface area contributed by atoms with Crippen molar-refractivity contribution in [1.29, 1.82) is 0 Å². The zero-order valence-electron chi connectivity index (χ0n) is 8.12. The Hall–Kier alpha value is -0.800. The second-order valence-electron chi connectivity index (χ2n) is 3.27. The van der Waals surface area contributed by atoms with Gasteiger partial charge in [0.25, 0.3) is 0 Å². The number of nitrogens with two attached hydrogens (primary N) is 1. The maximum Gasteiger partial charge on any atom is 0.0947 e. The van der Waals surface area contributed by atoms with Gasteiger partial charge in [-0.3, -0.25) is 0 Å². The molecule has 0 aromatic carbocycles. The molecule has 13 heavy (non-hydrogen) atoms. The number of furan rings is 1. The topological polar surface area (TPSA) is 51.2 Å². The maximum absolute atomic E-state index is 5.58. The van der Waals surface area contributed by atoms with E-state index in [0.717, 1.165) is 26.1 Å². The SMILES string of the molecule is CCC(CN)CNCc1ccoc1. The fourth-order valence-corrected chi connectivity index (χ4v) is 1.21. The number of rotatable bonds is 6. The lowest BCUT2D eigenvalue weighted by Gasteiger charge is -2.12. The zero-order chi connectivity index (χ0) is 9.52. The molecule has 3 nitrogen and oxygen atoms in total. The van der Waals surface area contributed by atoms with E-state index >= 15 is 0 Å². The molecule has 0 spiro atoms. The molecule has 1 rings (SSSR count). The summed E-state index contributed by atoms with van der Waals surface area (Å²) >= 11 is 0. The molecule has 1 unspecified atom stereocenters. The van der Waals surface area contributed by atoms with Crippen molar-refractivity contribution in [1.82, 2.24) is 5.32 Å². The van der Waals surface area contributed by atoms with Crippen LogP contribution in [0, 0.1) is 5.92 Å². The van der Waals surface area contributed by atoms with Crippen LogP contribution in [0.1, 0.15) is 18.9 Å². The van der Waals surface area contributed by atoms with Gasteiger partial charge in [-0.1, -0.05) is 13.3 Å². The molecule has 74 valence electrons. The predicted molar refractivity (Wildman–Crippen MR) is 53.3 cm³/mol. The summed E-state index contributed by atoms with van der Waals surface area (Å²) in [6.45, 7) is 4.77. The molecule has 3 N–H and O–H groups in total. The van der Waals surface area contributed by atoms with Crippen molar-refractivity contribution in [3.8, 4) is 0 Å². The Morgan fingerprint density at radius 3 is 3.00 bits per heavy atom. The summed E-state index contributed by atoms with van der Waals surface area (Å²) < 4.78 is 4.96. The van der Waals surface area contributed by atoms with Gasteiger partial charge in [-0.2, -0.15) is 0 Å². The quantitative estimate of drug-likeness (QED) is 0.698. The molecule has 0 aliphatic rings. The van der Waals surface area contributed by atoms with Crippen LogP contribution in [0.4, 0.5) is 0 Å². The minimum absolute atomic E-state index is 0.590. The Morgan fingerprint density at radius 1 is 1.62 bits per heavy atom. The van der Waals surface area contributed by atoms with Crippen LogP contribution in [-0.4, -0.2) is 13.1 Å². The summed E-state index contributed by atoms with van der Waals surface area (Å²) in [7, 11) is 0. The van der Waals surface area contributed by atoms with E-state index in [2.05, 4.69) is 12.2 Å². The third-order valence-electron chi connectivity index (χ3n) is 2.25. The van der Waals surface area contributed by atoms with Gasteiger partial charge in [-0.15, -0.1) is 0 Å². The van der Waals surface area contributed by atoms with E-state index in [-0.39, 0.29) is 0 Å². The largest absolute Gasteiger partial charge is 0.472 e. The van der Waals surface area contributed by atoms with Crippen LogP contribution in [0.15, 0.2) is 23.0 Å². The highest BCUT2D eigenvalue weighted by molar-refractivity contribution is 5.04. The Kier molecular flexibility index (Phi) is 4.57. The van der Waals surface area contributed by atoms with Crippen LogP contribution in [0.2, 0.25) is 0 Å². The number of nitrogens with one attached hydrogen (secondary N) is 1. The molecule has 0 bridgehead atoms. The third kappa shape index (κ3) is 3.61. The van der Waals surface area contributed by atoms with Crippen LogP contribution >= 0.6 is 0 Å². The molecule has 0 aliphatic carbocycles. The molecule has 0 fully saturated rings. The van der Waals surface area contributed by atoms with E-state index in [1.54, 1.807) is 12.5 Å². The lowest BCUT2D eigenvalue weighted by Crippen LogP contribution is -2.27. The predicted octanol–water partition coefficient (Wildman–Crippen LogP) is 1.35. The summed E-state index contributed by atoms with van der Waals surface area (Å²) in [5.41, 5.74) is 6.77. The van der Waals surface area contributed by atoms with Crippen LogP contribution in [0.5, 0.6) is 0 Å². The van der Waals surface area contributed by atoms with Crippen LogP contribution in [0.25, 0.3) is 0 Å². The van der Waals surface area contributed by atoms with Gasteiger partial charge in [0.05, 0.1) is 12.5 Å². The Labute approximate surface area is 79.3 Å². The molecule has 3 heteroatoms. The first-order valence-corrected chi connectivity index (χ1v) is 4.78. The monoisotopic (exact) mass is 182 g/mol. The fourth-order valence-electron chi connectivity index (χ4n) is 1.21. The number of hydrogen-bond acceptors (Lipinski definition) is 3. The van der Waals surface area contributed by atoms with Gasteiger partial charge in [-0.25, -0.2) is 0 Å². The second-order valence-corrected chi connectivity index (χ2v) is 3.27. The van der Waals surface area contributed by atoms with Gasteiger partial charge in [0.2, 0.25) is 0 Å². The van der Waals surface area contributed by atoms with Gasteiger partial charge >= 0.3 is 0 Å². The van der Waals surface area contributed by atoms with Crippen molar-refractivity contribution < 1.29 is 4.42 Å². The average Bonchev–Trinajstić information content (AvgIpc) is 2.65. The minimum Gasteiger partial charge on any atom is -0.472 e.